The molecular weight excluding hydrogens is 266 g/mol. The van der Waals surface area contributed by atoms with Gasteiger partial charge >= 0.3 is 0 Å². The highest BCUT2D eigenvalue weighted by atomic mass is 15.1. The molecule has 2 aromatic rings. The minimum absolute atomic E-state index is 0.966. The molecule has 0 bridgehead atoms. The molecule has 1 aliphatic rings. The molecule has 1 nitrogen and oxygen atoms in total. The third-order valence-electron chi connectivity index (χ3n) is 3.92. The van der Waals surface area contributed by atoms with E-state index in [1.165, 1.54) is 22.3 Å². The lowest BCUT2D eigenvalue weighted by Gasteiger charge is -2.14. The Morgan fingerprint density at radius 3 is 2.00 bits per heavy atom. The monoisotopic (exact) mass is 287 g/mol. The number of rotatable bonds is 3. The summed E-state index contributed by atoms with van der Waals surface area (Å²) < 4.78 is 0. The molecule has 0 amide bonds. The van der Waals surface area contributed by atoms with Crippen LogP contribution in [0.5, 0.6) is 0 Å². The fourth-order valence-electron chi connectivity index (χ4n) is 2.73. The Balaban J connectivity index is 2.15. The van der Waals surface area contributed by atoms with E-state index < -0.39 is 0 Å². The minimum Gasteiger partial charge on any atom is -0.374 e. The first-order valence-corrected chi connectivity index (χ1v) is 7.82. The molecule has 0 spiro atoms. The van der Waals surface area contributed by atoms with Crippen molar-refractivity contribution >= 4 is 5.57 Å². The van der Waals surface area contributed by atoms with E-state index in [4.69, 9.17) is 0 Å². The van der Waals surface area contributed by atoms with Gasteiger partial charge in [-0.2, -0.15) is 0 Å². The number of hydrogen-bond acceptors (Lipinski definition) is 1. The zero-order valence-electron chi connectivity index (χ0n) is 12.9. The number of likely N-dealkylation sites (N-methyl/N-ethyl adjacent to an activating group) is 1. The van der Waals surface area contributed by atoms with Gasteiger partial charge in [-0.15, -0.1) is 0 Å². The van der Waals surface area contributed by atoms with E-state index in [1.54, 1.807) is 0 Å². The summed E-state index contributed by atoms with van der Waals surface area (Å²) in [5, 5.41) is 0. The van der Waals surface area contributed by atoms with Crippen molar-refractivity contribution < 1.29 is 0 Å². The van der Waals surface area contributed by atoms with Gasteiger partial charge in [0.25, 0.3) is 0 Å². The van der Waals surface area contributed by atoms with Gasteiger partial charge in [-0.25, -0.2) is 0 Å². The Bertz CT molecular complexity index is 652. The second-order valence-corrected chi connectivity index (χ2v) is 5.37. The van der Waals surface area contributed by atoms with Crippen LogP contribution in [-0.2, 0) is 0 Å². The molecule has 0 atom stereocenters. The summed E-state index contributed by atoms with van der Waals surface area (Å²) in [5.74, 6) is 0. The molecule has 0 radical (unpaired) electrons. The van der Waals surface area contributed by atoms with E-state index in [0.29, 0.717) is 0 Å². The van der Waals surface area contributed by atoms with Crippen molar-refractivity contribution in [2.45, 2.75) is 6.92 Å². The second kappa shape index (κ2) is 6.95. The van der Waals surface area contributed by atoms with Crippen LogP contribution in [-0.4, -0.2) is 18.0 Å². The summed E-state index contributed by atoms with van der Waals surface area (Å²) in [6.45, 7) is 4.18. The van der Waals surface area contributed by atoms with Crippen molar-refractivity contribution in [1.82, 2.24) is 4.90 Å². The second-order valence-electron chi connectivity index (χ2n) is 5.37. The Kier molecular flexibility index (Phi) is 4.55. The van der Waals surface area contributed by atoms with Crippen molar-refractivity contribution in [1.29, 1.82) is 0 Å². The van der Waals surface area contributed by atoms with E-state index in [0.717, 1.165) is 13.1 Å². The highest BCUT2D eigenvalue weighted by molar-refractivity contribution is 5.85. The third kappa shape index (κ3) is 3.20. The highest BCUT2D eigenvalue weighted by Gasteiger charge is 2.10. The number of nitrogens with zero attached hydrogens (tertiary/aromatic N) is 1. The lowest BCUT2D eigenvalue weighted by Crippen LogP contribution is -2.15. The molecule has 22 heavy (non-hydrogen) atoms. The van der Waals surface area contributed by atoms with Crippen LogP contribution in [0.1, 0.15) is 18.1 Å². The van der Waals surface area contributed by atoms with Gasteiger partial charge in [0, 0.05) is 13.1 Å². The van der Waals surface area contributed by atoms with Gasteiger partial charge in [0.05, 0.1) is 0 Å². The normalized spacial score (nSPS) is 14.0. The smallest absolute Gasteiger partial charge is 0.0357 e. The lowest BCUT2D eigenvalue weighted by atomic mass is 9.93. The molecule has 0 saturated heterocycles. The van der Waals surface area contributed by atoms with E-state index in [9.17, 15) is 0 Å². The SMILES string of the molecule is CCN1C=CC(=C(c2ccccc2)c2ccccc2)C=CC1. The van der Waals surface area contributed by atoms with E-state index >= 15 is 0 Å². The molecule has 0 N–H and O–H groups in total. The van der Waals surface area contributed by atoms with Gasteiger partial charge in [0.15, 0.2) is 0 Å². The summed E-state index contributed by atoms with van der Waals surface area (Å²) in [6, 6.07) is 21.2. The van der Waals surface area contributed by atoms with E-state index in [-0.39, 0.29) is 0 Å². The van der Waals surface area contributed by atoms with Crippen LogP contribution in [0.25, 0.3) is 5.57 Å². The van der Waals surface area contributed by atoms with Crippen LogP contribution < -0.4 is 0 Å². The minimum atomic E-state index is 0.966. The molecular formula is C21H21N. The fourth-order valence-corrected chi connectivity index (χ4v) is 2.73. The summed E-state index contributed by atoms with van der Waals surface area (Å²) in [4.78, 5) is 2.30. The molecule has 0 aromatic heterocycles. The van der Waals surface area contributed by atoms with Crippen molar-refractivity contribution in [2.24, 2.45) is 0 Å². The fraction of sp³-hybridized carbons (Fsp3) is 0.143. The number of allylic oxidation sites excluding steroid dienone is 3. The first-order valence-electron chi connectivity index (χ1n) is 7.82. The van der Waals surface area contributed by atoms with Crippen molar-refractivity contribution in [3.63, 3.8) is 0 Å². The zero-order chi connectivity index (χ0) is 15.2. The standard InChI is InChI=1S/C21H21N/c1-2-22-16-9-14-20(15-17-22)21(18-10-5-3-6-11-18)19-12-7-4-8-13-19/h3-15,17H,2,16H2,1H3. The molecule has 110 valence electrons. The van der Waals surface area contributed by atoms with Gasteiger partial charge in [-0.1, -0.05) is 72.8 Å². The van der Waals surface area contributed by atoms with Crippen LogP contribution in [0.3, 0.4) is 0 Å². The molecule has 1 heterocycles. The molecule has 1 aliphatic heterocycles. The highest BCUT2D eigenvalue weighted by Crippen LogP contribution is 2.29. The molecule has 0 unspecified atom stereocenters. The lowest BCUT2D eigenvalue weighted by molar-refractivity contribution is 0.441. The molecule has 0 aliphatic carbocycles. The van der Waals surface area contributed by atoms with Crippen LogP contribution in [0.2, 0.25) is 0 Å². The zero-order valence-corrected chi connectivity index (χ0v) is 12.9. The average Bonchev–Trinajstić information content (AvgIpc) is 2.83. The molecule has 3 rings (SSSR count). The van der Waals surface area contributed by atoms with Crippen LogP contribution in [0.4, 0.5) is 0 Å². The van der Waals surface area contributed by atoms with Gasteiger partial charge in [0.1, 0.15) is 0 Å². The molecule has 1 heteroatoms. The molecule has 0 fully saturated rings. The topological polar surface area (TPSA) is 3.24 Å². The number of hydrogen-bond donors (Lipinski definition) is 0. The Labute approximate surface area is 132 Å². The van der Waals surface area contributed by atoms with Gasteiger partial charge in [-0.05, 0) is 41.5 Å². The van der Waals surface area contributed by atoms with Crippen molar-refractivity contribution in [2.75, 3.05) is 13.1 Å². The van der Waals surface area contributed by atoms with E-state index in [2.05, 4.69) is 96.9 Å². The maximum absolute atomic E-state index is 2.30. The predicted molar refractivity (Wildman–Crippen MR) is 94.4 cm³/mol. The summed E-state index contributed by atoms with van der Waals surface area (Å²) >= 11 is 0. The van der Waals surface area contributed by atoms with Crippen molar-refractivity contribution in [3.8, 4) is 0 Å². The number of benzene rings is 2. The molecule has 2 aromatic carbocycles. The largest absolute Gasteiger partial charge is 0.374 e. The van der Waals surface area contributed by atoms with Gasteiger partial charge in [0.2, 0.25) is 0 Å². The van der Waals surface area contributed by atoms with Crippen LogP contribution in [0, 0.1) is 0 Å². The van der Waals surface area contributed by atoms with Crippen LogP contribution in [0.15, 0.2) is 90.7 Å². The first kappa shape index (κ1) is 14.4. The summed E-state index contributed by atoms with van der Waals surface area (Å²) in [6.07, 6.45) is 8.90. The third-order valence-corrected chi connectivity index (χ3v) is 3.92. The Morgan fingerprint density at radius 1 is 0.864 bits per heavy atom. The maximum atomic E-state index is 2.30. The molecule has 0 saturated carbocycles. The van der Waals surface area contributed by atoms with E-state index in [1.807, 2.05) is 0 Å². The Hall–Kier alpha value is -2.54. The van der Waals surface area contributed by atoms with Crippen molar-refractivity contribution in [3.05, 3.63) is 102 Å². The first-order chi connectivity index (χ1) is 10.9. The maximum Gasteiger partial charge on any atom is 0.0357 e. The summed E-state index contributed by atoms with van der Waals surface area (Å²) in [5.41, 5.74) is 5.05. The van der Waals surface area contributed by atoms with Crippen LogP contribution >= 0.6 is 0 Å². The predicted octanol–water partition coefficient (Wildman–Crippen LogP) is 4.89. The Morgan fingerprint density at radius 2 is 1.45 bits per heavy atom. The quantitative estimate of drug-likeness (QED) is 0.776. The van der Waals surface area contributed by atoms with Gasteiger partial charge in [-0.3, -0.25) is 0 Å². The summed E-state index contributed by atoms with van der Waals surface area (Å²) in [7, 11) is 0. The van der Waals surface area contributed by atoms with Gasteiger partial charge < -0.3 is 4.90 Å². The average molecular weight is 287 g/mol.